The molecule has 0 radical (unpaired) electrons. The topological polar surface area (TPSA) is 29.9 Å². The molecule has 2 aromatic heterocycles. The van der Waals surface area contributed by atoms with Crippen molar-refractivity contribution in [1.29, 1.82) is 0 Å². The van der Waals surface area contributed by atoms with Crippen LogP contribution in [0.2, 0.25) is 10.0 Å². The van der Waals surface area contributed by atoms with Crippen LogP contribution in [0.5, 0.6) is 0 Å². The molecule has 0 amide bonds. The van der Waals surface area contributed by atoms with Gasteiger partial charge in [0, 0.05) is 11.4 Å². The van der Waals surface area contributed by atoms with E-state index >= 15 is 0 Å². The van der Waals surface area contributed by atoms with Crippen molar-refractivity contribution in [1.82, 2.24) is 15.1 Å². The number of aryl methyl sites for hydroxylation is 2. The van der Waals surface area contributed by atoms with E-state index in [1.807, 2.05) is 11.6 Å². The predicted molar refractivity (Wildman–Crippen MR) is 87.1 cm³/mol. The smallest absolute Gasteiger partial charge is 0.0872 e. The van der Waals surface area contributed by atoms with E-state index in [1.165, 1.54) is 0 Å². The molecule has 1 N–H and O–H groups in total. The van der Waals surface area contributed by atoms with Gasteiger partial charge in [0.05, 0.1) is 28.0 Å². The summed E-state index contributed by atoms with van der Waals surface area (Å²) in [4.78, 5) is 1.10. The van der Waals surface area contributed by atoms with Crippen molar-refractivity contribution in [3.8, 4) is 0 Å². The highest BCUT2D eigenvalue weighted by Crippen LogP contribution is 2.37. The average Bonchev–Trinajstić information content (AvgIpc) is 2.94. The molecule has 0 bridgehead atoms. The molecule has 1 atom stereocenters. The molecule has 110 valence electrons. The molecule has 0 spiro atoms. The van der Waals surface area contributed by atoms with E-state index in [0.717, 1.165) is 40.7 Å². The van der Waals surface area contributed by atoms with Crippen molar-refractivity contribution >= 4 is 34.5 Å². The third kappa shape index (κ3) is 3.03. The minimum Gasteiger partial charge on any atom is -0.304 e. The number of thiophene rings is 1. The molecule has 2 aromatic rings. The molecule has 20 heavy (non-hydrogen) atoms. The molecule has 2 rings (SSSR count). The molecule has 0 saturated carbocycles. The summed E-state index contributed by atoms with van der Waals surface area (Å²) in [6, 6.07) is -0.00671. The van der Waals surface area contributed by atoms with Crippen LogP contribution >= 0.6 is 34.5 Å². The Labute approximate surface area is 133 Å². The summed E-state index contributed by atoms with van der Waals surface area (Å²) in [5.41, 5.74) is 2.10. The van der Waals surface area contributed by atoms with Gasteiger partial charge in [-0.1, -0.05) is 37.0 Å². The van der Waals surface area contributed by atoms with Gasteiger partial charge in [-0.25, -0.2) is 0 Å². The lowest BCUT2D eigenvalue weighted by molar-refractivity contribution is 0.524. The van der Waals surface area contributed by atoms with Crippen molar-refractivity contribution in [3.63, 3.8) is 0 Å². The van der Waals surface area contributed by atoms with Gasteiger partial charge < -0.3 is 5.32 Å². The Kier molecular flexibility index (Phi) is 5.49. The van der Waals surface area contributed by atoms with Crippen molar-refractivity contribution in [3.05, 3.63) is 37.8 Å². The number of nitrogens with zero attached hydrogens (tertiary/aromatic N) is 2. The van der Waals surface area contributed by atoms with Crippen LogP contribution in [-0.2, 0) is 6.54 Å². The number of halogens is 2. The Morgan fingerprint density at radius 3 is 2.70 bits per heavy atom. The molecule has 0 aliphatic heterocycles. The normalized spacial score (nSPS) is 12.8. The monoisotopic (exact) mass is 331 g/mol. The summed E-state index contributed by atoms with van der Waals surface area (Å²) in [5, 5.41) is 11.4. The first-order chi connectivity index (χ1) is 9.60. The van der Waals surface area contributed by atoms with Crippen LogP contribution in [0.25, 0.3) is 0 Å². The highest BCUT2D eigenvalue weighted by Gasteiger charge is 2.25. The number of nitrogens with one attached hydrogen (secondary N) is 1. The van der Waals surface area contributed by atoms with Crippen LogP contribution in [0.15, 0.2) is 11.6 Å². The molecular weight excluding hydrogens is 313 g/mol. The molecule has 0 aliphatic carbocycles. The van der Waals surface area contributed by atoms with Crippen LogP contribution in [0, 0.1) is 6.92 Å². The van der Waals surface area contributed by atoms with Crippen molar-refractivity contribution < 1.29 is 0 Å². The Morgan fingerprint density at radius 2 is 2.15 bits per heavy atom. The molecule has 0 fully saturated rings. The zero-order chi connectivity index (χ0) is 14.7. The van der Waals surface area contributed by atoms with Crippen LogP contribution in [0.4, 0.5) is 0 Å². The minimum absolute atomic E-state index is 0.00671. The van der Waals surface area contributed by atoms with Crippen LogP contribution in [-0.4, -0.2) is 16.3 Å². The summed E-state index contributed by atoms with van der Waals surface area (Å²) in [5.74, 6) is 0. The molecular formula is C14H19Cl2N3S. The Hall–Kier alpha value is -0.550. The largest absolute Gasteiger partial charge is 0.304 e. The van der Waals surface area contributed by atoms with Crippen molar-refractivity contribution in [2.75, 3.05) is 6.54 Å². The maximum Gasteiger partial charge on any atom is 0.0872 e. The lowest BCUT2D eigenvalue weighted by Crippen LogP contribution is -2.25. The SMILES string of the molecule is CCCn1ncc(Cl)c1C(NCC)c1scc(C)c1Cl. The quantitative estimate of drug-likeness (QED) is 0.833. The van der Waals surface area contributed by atoms with E-state index in [9.17, 15) is 0 Å². The summed E-state index contributed by atoms with van der Waals surface area (Å²) in [6.07, 6.45) is 2.73. The third-order valence-corrected chi connectivity index (χ3v) is 5.21. The second kappa shape index (κ2) is 6.94. The van der Waals surface area contributed by atoms with Gasteiger partial charge in [-0.2, -0.15) is 5.10 Å². The first-order valence-electron chi connectivity index (χ1n) is 6.78. The Morgan fingerprint density at radius 1 is 1.40 bits per heavy atom. The number of hydrogen-bond acceptors (Lipinski definition) is 3. The van der Waals surface area contributed by atoms with E-state index in [1.54, 1.807) is 17.5 Å². The molecule has 3 nitrogen and oxygen atoms in total. The van der Waals surface area contributed by atoms with Gasteiger partial charge in [-0.15, -0.1) is 11.3 Å². The number of hydrogen-bond donors (Lipinski definition) is 1. The van der Waals surface area contributed by atoms with Crippen LogP contribution in [0.3, 0.4) is 0 Å². The first-order valence-corrected chi connectivity index (χ1v) is 8.41. The zero-order valence-electron chi connectivity index (χ0n) is 11.9. The van der Waals surface area contributed by atoms with Gasteiger partial charge in [0.15, 0.2) is 0 Å². The maximum atomic E-state index is 6.44. The van der Waals surface area contributed by atoms with E-state index in [-0.39, 0.29) is 6.04 Å². The molecule has 0 aromatic carbocycles. The van der Waals surface area contributed by atoms with Gasteiger partial charge >= 0.3 is 0 Å². The van der Waals surface area contributed by atoms with E-state index in [4.69, 9.17) is 23.2 Å². The van der Waals surface area contributed by atoms with Gasteiger partial charge in [0.25, 0.3) is 0 Å². The third-order valence-electron chi connectivity index (χ3n) is 3.14. The molecule has 1 unspecified atom stereocenters. The van der Waals surface area contributed by atoms with E-state index in [0.29, 0.717) is 5.02 Å². The standard InChI is InChI=1S/C14H19Cl2N3S/c1-4-6-19-13(10(15)7-18-19)12(17-5-2)14-11(16)9(3)8-20-14/h7-8,12,17H,4-6H2,1-3H3. The van der Waals surface area contributed by atoms with Crippen molar-refractivity contribution in [2.45, 2.75) is 39.8 Å². The van der Waals surface area contributed by atoms with Gasteiger partial charge in [-0.3, -0.25) is 4.68 Å². The van der Waals surface area contributed by atoms with Gasteiger partial charge in [0.1, 0.15) is 0 Å². The average molecular weight is 332 g/mol. The zero-order valence-corrected chi connectivity index (χ0v) is 14.2. The highest BCUT2D eigenvalue weighted by atomic mass is 35.5. The minimum atomic E-state index is -0.00671. The Balaban J connectivity index is 2.48. The summed E-state index contributed by atoms with van der Waals surface area (Å²) in [6.45, 7) is 7.92. The lowest BCUT2D eigenvalue weighted by Gasteiger charge is -2.19. The highest BCUT2D eigenvalue weighted by molar-refractivity contribution is 7.10. The maximum absolute atomic E-state index is 6.44. The fourth-order valence-corrected chi connectivity index (χ4v) is 3.84. The first kappa shape index (κ1) is 15.8. The molecule has 0 saturated heterocycles. The summed E-state index contributed by atoms with van der Waals surface area (Å²) in [7, 11) is 0. The van der Waals surface area contributed by atoms with E-state index < -0.39 is 0 Å². The summed E-state index contributed by atoms with van der Waals surface area (Å²) < 4.78 is 1.97. The second-order valence-electron chi connectivity index (χ2n) is 4.69. The van der Waals surface area contributed by atoms with Gasteiger partial charge in [0.2, 0.25) is 0 Å². The second-order valence-corrected chi connectivity index (χ2v) is 6.38. The number of aromatic nitrogens is 2. The Bertz CT molecular complexity index is 577. The van der Waals surface area contributed by atoms with Gasteiger partial charge in [-0.05, 0) is 30.8 Å². The molecule has 6 heteroatoms. The van der Waals surface area contributed by atoms with E-state index in [2.05, 4.69) is 29.6 Å². The van der Waals surface area contributed by atoms with Crippen LogP contribution < -0.4 is 5.32 Å². The summed E-state index contributed by atoms with van der Waals surface area (Å²) >= 11 is 14.5. The van der Waals surface area contributed by atoms with Crippen molar-refractivity contribution in [2.24, 2.45) is 0 Å². The number of rotatable bonds is 6. The lowest BCUT2D eigenvalue weighted by atomic mass is 10.1. The molecule has 2 heterocycles. The fraction of sp³-hybridized carbons (Fsp3) is 0.500. The molecule has 0 aliphatic rings. The van der Waals surface area contributed by atoms with Crippen LogP contribution in [0.1, 0.15) is 42.4 Å². The fourth-order valence-electron chi connectivity index (χ4n) is 2.21. The predicted octanol–water partition coefficient (Wildman–Crippen LogP) is 4.67.